The number of benzene rings is 1. The molecule has 1 aromatic heterocycles. The average molecular weight is 444 g/mol. The van der Waals surface area contributed by atoms with Crippen LogP contribution in [0.5, 0.6) is 0 Å². The van der Waals surface area contributed by atoms with Crippen molar-refractivity contribution in [2.45, 2.75) is 63.4 Å². The smallest absolute Gasteiger partial charge is 0.281 e. The molecule has 2 heterocycles. The van der Waals surface area contributed by atoms with Gasteiger partial charge in [-0.15, -0.1) is 0 Å². The summed E-state index contributed by atoms with van der Waals surface area (Å²) >= 11 is 0. The van der Waals surface area contributed by atoms with Gasteiger partial charge >= 0.3 is 0 Å². The third-order valence-electron chi connectivity index (χ3n) is 5.77. The highest BCUT2D eigenvalue weighted by atomic mass is 32.2. The van der Waals surface area contributed by atoms with Crippen LogP contribution in [0.15, 0.2) is 47.6 Å². The van der Waals surface area contributed by atoms with Crippen LogP contribution in [-0.2, 0) is 31.4 Å². The third-order valence-corrected chi connectivity index (χ3v) is 7.02. The number of pyridine rings is 1. The molecule has 0 saturated carbocycles. The summed E-state index contributed by atoms with van der Waals surface area (Å²) in [6, 6.07) is 10.8. The Labute approximate surface area is 183 Å². The van der Waals surface area contributed by atoms with Gasteiger partial charge in [0, 0.05) is 12.7 Å². The van der Waals surface area contributed by atoms with Crippen molar-refractivity contribution in [3.8, 4) is 0 Å². The van der Waals surface area contributed by atoms with E-state index in [1.165, 1.54) is 22.7 Å². The molecule has 2 aromatic rings. The number of aromatic nitrogens is 1. The molecular weight excluding hydrogens is 414 g/mol. The molecule has 1 unspecified atom stereocenters. The van der Waals surface area contributed by atoms with Gasteiger partial charge in [-0.1, -0.05) is 51.1 Å². The first-order valence-corrected chi connectivity index (χ1v) is 11.7. The van der Waals surface area contributed by atoms with Crippen LogP contribution < -0.4 is 4.72 Å². The number of carbonyl (C=O) groups is 2. The third kappa shape index (κ3) is 4.79. The zero-order chi connectivity index (χ0) is 23.0. The van der Waals surface area contributed by atoms with Crippen LogP contribution in [0.4, 0.5) is 0 Å². The molecule has 2 amide bonds. The molecule has 1 aromatic carbocycles. The van der Waals surface area contributed by atoms with E-state index in [4.69, 9.17) is 0 Å². The van der Waals surface area contributed by atoms with E-state index >= 15 is 0 Å². The molecule has 1 aliphatic rings. The van der Waals surface area contributed by atoms with Crippen molar-refractivity contribution in [3.05, 3.63) is 59.3 Å². The van der Waals surface area contributed by atoms with Crippen LogP contribution in [0, 0.1) is 6.92 Å². The van der Waals surface area contributed by atoms with Crippen molar-refractivity contribution in [1.29, 1.82) is 0 Å². The minimum Gasteiger partial charge on any atom is -0.328 e. The molecule has 7 nitrogen and oxygen atoms in total. The largest absolute Gasteiger partial charge is 0.328 e. The second-order valence-corrected chi connectivity index (χ2v) is 10.9. The first-order chi connectivity index (χ1) is 14.3. The van der Waals surface area contributed by atoms with E-state index in [-0.39, 0.29) is 22.8 Å². The average Bonchev–Trinajstić information content (AvgIpc) is 2.66. The summed E-state index contributed by atoms with van der Waals surface area (Å²) in [6.07, 6.45) is 1.97. The fraction of sp³-hybridized carbons (Fsp3) is 0.435. The maximum atomic E-state index is 12.9. The zero-order valence-corrected chi connectivity index (χ0v) is 19.4. The van der Waals surface area contributed by atoms with E-state index < -0.39 is 21.5 Å². The molecule has 3 rings (SSSR count). The predicted octanol–water partition coefficient (Wildman–Crippen LogP) is 2.73. The summed E-state index contributed by atoms with van der Waals surface area (Å²) in [5.41, 5.74) is 1.65. The Bertz CT molecular complexity index is 1090. The van der Waals surface area contributed by atoms with Gasteiger partial charge in [0.1, 0.15) is 5.54 Å². The van der Waals surface area contributed by atoms with Gasteiger partial charge < -0.3 is 4.90 Å². The SMILES string of the molecule is Cc1ccc(S(=O)(=O)NC(=O)C2(C)CCN2C(=O)Cc2ccc(C(C)(C)C)cc2)nc1. The summed E-state index contributed by atoms with van der Waals surface area (Å²) in [5, 5.41) is -0.230. The quantitative estimate of drug-likeness (QED) is 0.766. The van der Waals surface area contributed by atoms with Gasteiger partial charge in [-0.2, -0.15) is 8.42 Å². The predicted molar refractivity (Wildman–Crippen MR) is 118 cm³/mol. The molecule has 1 atom stereocenters. The molecule has 1 fully saturated rings. The Balaban J connectivity index is 1.69. The summed E-state index contributed by atoms with van der Waals surface area (Å²) in [5.74, 6) is -0.934. The van der Waals surface area contributed by atoms with Gasteiger partial charge in [0.05, 0.1) is 6.42 Å². The number of aryl methyl sites for hydroxylation is 1. The minimum atomic E-state index is -4.11. The molecule has 1 aliphatic heterocycles. The van der Waals surface area contributed by atoms with Crippen molar-refractivity contribution in [1.82, 2.24) is 14.6 Å². The standard InChI is InChI=1S/C23H29N3O4S/c1-16-6-11-19(24-15-16)31(29,30)25-21(28)23(5)12-13-26(23)20(27)14-17-7-9-18(10-8-17)22(2,3)4/h6-11,15H,12-14H2,1-5H3,(H,25,28). The lowest BCUT2D eigenvalue weighted by Crippen LogP contribution is -2.68. The molecule has 1 N–H and O–H groups in total. The number of rotatable bonds is 5. The van der Waals surface area contributed by atoms with Crippen LogP contribution in [0.25, 0.3) is 0 Å². The molecule has 31 heavy (non-hydrogen) atoms. The number of amides is 2. The van der Waals surface area contributed by atoms with E-state index in [2.05, 4.69) is 30.5 Å². The Morgan fingerprint density at radius 3 is 2.26 bits per heavy atom. The lowest BCUT2D eigenvalue weighted by molar-refractivity contribution is -0.156. The molecular formula is C23H29N3O4S. The summed E-state index contributed by atoms with van der Waals surface area (Å²) in [7, 11) is -4.11. The van der Waals surface area contributed by atoms with Crippen molar-refractivity contribution < 1.29 is 18.0 Å². The molecule has 0 spiro atoms. The van der Waals surface area contributed by atoms with Crippen LogP contribution in [0.3, 0.4) is 0 Å². The highest BCUT2D eigenvalue weighted by Gasteiger charge is 2.50. The van der Waals surface area contributed by atoms with Crippen LogP contribution in [0.1, 0.15) is 50.8 Å². The second-order valence-electron chi connectivity index (χ2n) is 9.30. The van der Waals surface area contributed by atoms with Crippen molar-refractivity contribution in [2.75, 3.05) is 6.54 Å². The lowest BCUT2D eigenvalue weighted by Gasteiger charge is -2.48. The van der Waals surface area contributed by atoms with Gasteiger partial charge in [0.25, 0.3) is 15.9 Å². The van der Waals surface area contributed by atoms with Gasteiger partial charge in [-0.25, -0.2) is 9.71 Å². The number of hydrogen-bond acceptors (Lipinski definition) is 5. The fourth-order valence-electron chi connectivity index (χ4n) is 3.49. The van der Waals surface area contributed by atoms with Gasteiger partial charge in [-0.05, 0) is 48.4 Å². The molecule has 0 bridgehead atoms. The Hall–Kier alpha value is -2.74. The van der Waals surface area contributed by atoms with Crippen LogP contribution in [-0.4, -0.2) is 42.2 Å². The summed E-state index contributed by atoms with van der Waals surface area (Å²) in [6.45, 7) is 10.2. The highest BCUT2D eigenvalue weighted by Crippen LogP contribution is 2.32. The van der Waals surface area contributed by atoms with Crippen molar-refractivity contribution in [3.63, 3.8) is 0 Å². The van der Waals surface area contributed by atoms with E-state index in [9.17, 15) is 18.0 Å². The van der Waals surface area contributed by atoms with E-state index in [1.807, 2.05) is 24.3 Å². The Morgan fingerprint density at radius 2 is 1.77 bits per heavy atom. The minimum absolute atomic E-state index is 0.0223. The van der Waals surface area contributed by atoms with Crippen molar-refractivity contribution >= 4 is 21.8 Å². The van der Waals surface area contributed by atoms with E-state index in [0.29, 0.717) is 13.0 Å². The highest BCUT2D eigenvalue weighted by molar-refractivity contribution is 7.90. The van der Waals surface area contributed by atoms with E-state index in [0.717, 1.165) is 11.1 Å². The number of nitrogens with one attached hydrogen (secondary N) is 1. The Kier molecular flexibility index (Phi) is 5.97. The lowest BCUT2D eigenvalue weighted by atomic mass is 9.84. The molecule has 0 aliphatic carbocycles. The molecule has 166 valence electrons. The normalized spacial score (nSPS) is 18.9. The van der Waals surface area contributed by atoms with Gasteiger partial charge in [0.2, 0.25) is 5.91 Å². The topological polar surface area (TPSA) is 96.4 Å². The van der Waals surface area contributed by atoms with Gasteiger partial charge in [-0.3, -0.25) is 9.59 Å². The number of likely N-dealkylation sites (tertiary alicyclic amines) is 1. The van der Waals surface area contributed by atoms with Gasteiger partial charge in [0.15, 0.2) is 5.03 Å². The van der Waals surface area contributed by atoms with Crippen LogP contribution in [0.2, 0.25) is 0 Å². The number of nitrogens with zero attached hydrogens (tertiary/aromatic N) is 2. The zero-order valence-electron chi connectivity index (χ0n) is 18.6. The Morgan fingerprint density at radius 1 is 1.13 bits per heavy atom. The first kappa shape index (κ1) is 22.9. The maximum absolute atomic E-state index is 12.9. The fourth-order valence-corrected chi connectivity index (χ4v) is 4.49. The molecule has 8 heteroatoms. The number of hydrogen-bond donors (Lipinski definition) is 1. The van der Waals surface area contributed by atoms with E-state index in [1.54, 1.807) is 19.9 Å². The van der Waals surface area contributed by atoms with Crippen LogP contribution >= 0.6 is 0 Å². The first-order valence-electron chi connectivity index (χ1n) is 10.2. The second kappa shape index (κ2) is 8.07. The monoisotopic (exact) mass is 443 g/mol. The number of carbonyl (C=O) groups excluding carboxylic acids is 2. The summed E-state index contributed by atoms with van der Waals surface area (Å²) in [4.78, 5) is 31.0. The maximum Gasteiger partial charge on any atom is 0.281 e. The molecule has 1 saturated heterocycles. The number of sulfonamides is 1. The summed E-state index contributed by atoms with van der Waals surface area (Å²) < 4.78 is 27.1. The molecule has 0 radical (unpaired) electrons. The van der Waals surface area contributed by atoms with Crippen molar-refractivity contribution in [2.24, 2.45) is 0 Å².